The van der Waals surface area contributed by atoms with Crippen molar-refractivity contribution in [2.24, 2.45) is 5.92 Å². The first-order chi connectivity index (χ1) is 17.7. The fourth-order valence-corrected chi connectivity index (χ4v) is 5.23. The number of hydrogen-bond donors (Lipinski definition) is 1. The summed E-state index contributed by atoms with van der Waals surface area (Å²) >= 11 is 0. The Labute approximate surface area is 211 Å². The molecular formula is C29H34N6O. The maximum absolute atomic E-state index is 13.4. The van der Waals surface area contributed by atoms with Gasteiger partial charge in [-0.2, -0.15) is 0 Å². The normalized spacial score (nSPS) is 14.6. The molecule has 0 aliphatic heterocycles. The molecule has 0 radical (unpaired) electrons. The second-order valence-electron chi connectivity index (χ2n) is 9.71. The van der Waals surface area contributed by atoms with E-state index < -0.39 is 0 Å². The van der Waals surface area contributed by atoms with E-state index in [-0.39, 0.29) is 5.69 Å². The zero-order valence-electron chi connectivity index (χ0n) is 20.9. The molecule has 2 aromatic carbocycles. The molecular weight excluding hydrogens is 448 g/mol. The second kappa shape index (κ2) is 11.3. The third kappa shape index (κ3) is 5.40. The van der Waals surface area contributed by atoms with Crippen molar-refractivity contribution in [3.05, 3.63) is 82.5 Å². The number of tetrazole rings is 1. The van der Waals surface area contributed by atoms with Crippen molar-refractivity contribution in [1.82, 2.24) is 29.8 Å². The lowest BCUT2D eigenvalue weighted by Gasteiger charge is -2.21. The van der Waals surface area contributed by atoms with E-state index in [1.54, 1.807) is 0 Å². The Balaban J connectivity index is 1.37. The number of aryl methyl sites for hydroxylation is 1. The van der Waals surface area contributed by atoms with Gasteiger partial charge in [-0.3, -0.25) is 9.13 Å². The van der Waals surface area contributed by atoms with Crippen molar-refractivity contribution in [3.8, 4) is 22.5 Å². The molecule has 4 aromatic rings. The number of hydrogen-bond acceptors (Lipinski definition) is 4. The van der Waals surface area contributed by atoms with E-state index in [0.29, 0.717) is 12.4 Å². The van der Waals surface area contributed by atoms with Crippen LogP contribution in [0.1, 0.15) is 63.1 Å². The quantitative estimate of drug-likeness (QED) is 0.320. The third-order valence-corrected chi connectivity index (χ3v) is 7.24. The summed E-state index contributed by atoms with van der Waals surface area (Å²) in [6.45, 7) is 3.46. The molecule has 2 aromatic heterocycles. The summed E-state index contributed by atoms with van der Waals surface area (Å²) in [5.41, 5.74) is 5.23. The van der Waals surface area contributed by atoms with Gasteiger partial charge in [0.15, 0.2) is 5.82 Å². The highest BCUT2D eigenvalue weighted by Gasteiger charge is 2.16. The molecule has 186 valence electrons. The van der Waals surface area contributed by atoms with E-state index in [2.05, 4.69) is 70.0 Å². The van der Waals surface area contributed by atoms with E-state index in [0.717, 1.165) is 53.3 Å². The fourth-order valence-electron chi connectivity index (χ4n) is 5.23. The highest BCUT2D eigenvalue weighted by molar-refractivity contribution is 5.80. The molecule has 0 atom stereocenters. The van der Waals surface area contributed by atoms with Crippen molar-refractivity contribution in [2.45, 2.75) is 65.0 Å². The number of rotatable bonds is 9. The van der Waals surface area contributed by atoms with E-state index in [1.807, 2.05) is 33.5 Å². The van der Waals surface area contributed by atoms with Crippen LogP contribution in [0.3, 0.4) is 0 Å². The largest absolute Gasteiger partial charge is 0.328 e. The first-order valence-electron chi connectivity index (χ1n) is 13.1. The summed E-state index contributed by atoms with van der Waals surface area (Å²) in [6, 6.07) is 16.5. The average molecular weight is 483 g/mol. The van der Waals surface area contributed by atoms with E-state index in [4.69, 9.17) is 0 Å². The Kier molecular flexibility index (Phi) is 7.55. The van der Waals surface area contributed by atoms with Crippen LogP contribution in [-0.4, -0.2) is 29.8 Å². The van der Waals surface area contributed by atoms with Gasteiger partial charge in [0.1, 0.15) is 0 Å². The van der Waals surface area contributed by atoms with Gasteiger partial charge in [0.05, 0.1) is 12.2 Å². The maximum atomic E-state index is 13.4. The van der Waals surface area contributed by atoms with Crippen LogP contribution in [0, 0.1) is 5.92 Å². The van der Waals surface area contributed by atoms with Gasteiger partial charge >= 0.3 is 5.69 Å². The highest BCUT2D eigenvalue weighted by atomic mass is 16.1. The van der Waals surface area contributed by atoms with Crippen molar-refractivity contribution in [3.63, 3.8) is 0 Å². The molecule has 1 saturated carbocycles. The molecule has 5 rings (SSSR count). The number of H-pyrrole nitrogens is 1. The van der Waals surface area contributed by atoms with Crippen LogP contribution in [0.2, 0.25) is 0 Å². The van der Waals surface area contributed by atoms with Gasteiger partial charge in [0.2, 0.25) is 0 Å². The smallest absolute Gasteiger partial charge is 0.299 e. The van der Waals surface area contributed by atoms with Crippen molar-refractivity contribution in [2.75, 3.05) is 0 Å². The van der Waals surface area contributed by atoms with Gasteiger partial charge in [0, 0.05) is 18.3 Å². The standard InChI is InChI=1S/C29H34N6O/c1-2-3-11-25-21-34(19-18-22-9-5-4-6-10-22)29(36)35(25)20-23-14-16-24(17-15-23)26-12-7-8-13-27(26)28-30-32-33-31-28/h3,7-8,11-17,21-22H,2,4-6,9-10,18-20H2,1H3,(H,30,31,32,33)/b11-3+. The lowest BCUT2D eigenvalue weighted by Crippen LogP contribution is -2.26. The van der Waals surface area contributed by atoms with Gasteiger partial charge in [-0.1, -0.05) is 93.6 Å². The van der Waals surface area contributed by atoms with Crippen molar-refractivity contribution < 1.29 is 0 Å². The number of benzene rings is 2. The summed E-state index contributed by atoms with van der Waals surface area (Å²) < 4.78 is 3.82. The third-order valence-electron chi connectivity index (χ3n) is 7.24. The first kappa shape index (κ1) is 24.0. The highest BCUT2D eigenvalue weighted by Crippen LogP contribution is 2.30. The minimum absolute atomic E-state index is 0.0776. The van der Waals surface area contributed by atoms with Gasteiger partial charge in [0.25, 0.3) is 0 Å². The van der Waals surface area contributed by atoms with Crippen LogP contribution in [0.4, 0.5) is 0 Å². The molecule has 1 N–H and O–H groups in total. The number of allylic oxidation sites excluding steroid dienone is 1. The van der Waals surface area contributed by atoms with E-state index in [9.17, 15) is 4.79 Å². The molecule has 7 heteroatoms. The summed E-state index contributed by atoms with van der Waals surface area (Å²) in [5, 5.41) is 14.4. The second-order valence-corrected chi connectivity index (χ2v) is 9.71. The maximum Gasteiger partial charge on any atom is 0.328 e. The van der Waals surface area contributed by atoms with Gasteiger partial charge in [-0.15, -0.1) is 5.10 Å². The van der Waals surface area contributed by atoms with Crippen LogP contribution in [0.5, 0.6) is 0 Å². The Bertz CT molecular complexity index is 1340. The van der Waals surface area contributed by atoms with Crippen LogP contribution >= 0.6 is 0 Å². The minimum atomic E-state index is 0.0776. The zero-order valence-corrected chi connectivity index (χ0v) is 20.9. The summed E-state index contributed by atoms with van der Waals surface area (Å²) in [6.07, 6.45) is 14.9. The topological polar surface area (TPSA) is 81.4 Å². The Morgan fingerprint density at radius 2 is 1.81 bits per heavy atom. The van der Waals surface area contributed by atoms with Crippen molar-refractivity contribution >= 4 is 6.08 Å². The van der Waals surface area contributed by atoms with Crippen LogP contribution in [0.25, 0.3) is 28.6 Å². The van der Waals surface area contributed by atoms with Crippen LogP contribution in [0.15, 0.2) is 65.6 Å². The zero-order chi connectivity index (χ0) is 24.7. The molecule has 0 amide bonds. The number of aromatic nitrogens is 6. The SMILES string of the molecule is CC/C=C/c1cn(CCC2CCCCC2)c(=O)n1Cc1ccc(-c2ccccc2-c2nnn[nH]2)cc1. The van der Waals surface area contributed by atoms with Crippen LogP contribution < -0.4 is 5.69 Å². The van der Waals surface area contributed by atoms with E-state index >= 15 is 0 Å². The Morgan fingerprint density at radius 3 is 2.53 bits per heavy atom. The molecule has 36 heavy (non-hydrogen) atoms. The molecule has 1 aliphatic carbocycles. The van der Waals surface area contributed by atoms with Gasteiger partial charge in [-0.25, -0.2) is 9.89 Å². The molecule has 0 bridgehead atoms. The average Bonchev–Trinajstić information content (AvgIpc) is 3.56. The predicted octanol–water partition coefficient (Wildman–Crippen LogP) is 5.94. The van der Waals surface area contributed by atoms with Crippen molar-refractivity contribution in [1.29, 1.82) is 0 Å². The summed E-state index contributed by atoms with van der Waals surface area (Å²) in [7, 11) is 0. The molecule has 0 unspecified atom stereocenters. The summed E-state index contributed by atoms with van der Waals surface area (Å²) in [4.78, 5) is 13.4. The first-order valence-corrected chi connectivity index (χ1v) is 13.1. The number of aromatic amines is 1. The monoisotopic (exact) mass is 482 g/mol. The lowest BCUT2D eigenvalue weighted by atomic mass is 9.87. The fraction of sp³-hybridized carbons (Fsp3) is 0.379. The van der Waals surface area contributed by atoms with E-state index in [1.165, 1.54) is 32.1 Å². The van der Waals surface area contributed by atoms with Gasteiger partial charge < -0.3 is 0 Å². The molecule has 0 spiro atoms. The number of nitrogens with zero attached hydrogens (tertiary/aromatic N) is 5. The summed E-state index contributed by atoms with van der Waals surface area (Å²) in [5.74, 6) is 1.40. The minimum Gasteiger partial charge on any atom is -0.299 e. The number of imidazole rings is 1. The molecule has 2 heterocycles. The van der Waals surface area contributed by atoms with Crippen LogP contribution in [-0.2, 0) is 13.1 Å². The molecule has 7 nitrogen and oxygen atoms in total. The molecule has 0 saturated heterocycles. The van der Waals surface area contributed by atoms with Gasteiger partial charge in [-0.05, 0) is 52.0 Å². The Hall–Kier alpha value is -3.74. The lowest BCUT2D eigenvalue weighted by molar-refractivity contribution is 0.322. The number of nitrogens with one attached hydrogen (secondary N) is 1. The predicted molar refractivity (Wildman–Crippen MR) is 143 cm³/mol. The molecule has 1 fully saturated rings. The molecule has 1 aliphatic rings. The Morgan fingerprint density at radius 1 is 1.03 bits per heavy atom.